The van der Waals surface area contributed by atoms with Crippen LogP contribution in [-0.4, -0.2) is 15.8 Å². The van der Waals surface area contributed by atoms with E-state index in [9.17, 15) is 20.0 Å². The van der Waals surface area contributed by atoms with E-state index in [2.05, 4.69) is 5.32 Å². The number of rotatable bonds is 7. The molecule has 0 saturated heterocycles. The molecule has 0 atom stereocenters. The van der Waals surface area contributed by atoms with Crippen LogP contribution in [0.15, 0.2) is 70.5 Å². The van der Waals surface area contributed by atoms with Crippen LogP contribution < -0.4 is 5.32 Å². The van der Waals surface area contributed by atoms with Gasteiger partial charge >= 0.3 is 0 Å². The van der Waals surface area contributed by atoms with Gasteiger partial charge in [-0.25, -0.2) is 0 Å². The first-order valence-corrected chi connectivity index (χ1v) is 9.82. The fourth-order valence-electron chi connectivity index (χ4n) is 2.71. The largest absolute Gasteiger partial charge is 0.505 e. The van der Waals surface area contributed by atoms with Crippen LogP contribution in [0, 0.1) is 10.1 Å². The smallest absolute Gasteiger partial charge is 0.269 e. The van der Waals surface area contributed by atoms with Crippen LogP contribution in [0.2, 0.25) is 5.02 Å². The van der Waals surface area contributed by atoms with Gasteiger partial charge in [-0.3, -0.25) is 14.9 Å². The molecule has 6 nitrogen and oxygen atoms in total. The second-order valence-corrected chi connectivity index (χ2v) is 7.77. The first kappa shape index (κ1) is 20.7. The zero-order valence-corrected chi connectivity index (χ0v) is 17.0. The second-order valence-electron chi connectivity index (χ2n) is 6.22. The first-order chi connectivity index (χ1) is 13.8. The number of anilines is 1. The summed E-state index contributed by atoms with van der Waals surface area (Å²) in [5.41, 5.74) is 1.54. The topological polar surface area (TPSA) is 92.5 Å². The molecule has 29 heavy (non-hydrogen) atoms. The number of nitrogens with zero attached hydrogens (tertiary/aromatic N) is 1. The van der Waals surface area contributed by atoms with Gasteiger partial charge in [0.1, 0.15) is 5.75 Å². The summed E-state index contributed by atoms with van der Waals surface area (Å²) in [6.07, 6.45) is 0. The highest BCUT2D eigenvalue weighted by Gasteiger charge is 2.14. The maximum Gasteiger partial charge on any atom is 0.269 e. The van der Waals surface area contributed by atoms with Gasteiger partial charge in [0.2, 0.25) is 0 Å². The molecule has 0 aromatic heterocycles. The number of benzene rings is 3. The predicted molar refractivity (Wildman–Crippen MR) is 114 cm³/mol. The van der Waals surface area contributed by atoms with Crippen LogP contribution in [0.5, 0.6) is 5.75 Å². The molecule has 8 heteroatoms. The Morgan fingerprint density at radius 1 is 1.17 bits per heavy atom. The van der Waals surface area contributed by atoms with Crippen molar-refractivity contribution < 1.29 is 14.8 Å². The van der Waals surface area contributed by atoms with E-state index in [-0.39, 0.29) is 22.8 Å². The van der Waals surface area contributed by atoms with Crippen molar-refractivity contribution in [3.05, 3.63) is 86.9 Å². The molecule has 0 aliphatic heterocycles. The molecule has 0 radical (unpaired) electrons. The monoisotopic (exact) mass is 428 g/mol. The number of phenolic OH excluding ortho intramolecular Hbond substituents is 1. The summed E-state index contributed by atoms with van der Waals surface area (Å²) < 4.78 is 0. The molecule has 0 aliphatic carbocycles. The molecule has 0 unspecified atom stereocenters. The van der Waals surface area contributed by atoms with Gasteiger partial charge in [-0.15, -0.1) is 0 Å². The van der Waals surface area contributed by atoms with Gasteiger partial charge < -0.3 is 10.4 Å². The Kier molecular flexibility index (Phi) is 6.41. The van der Waals surface area contributed by atoms with Crippen molar-refractivity contribution in [2.75, 3.05) is 5.32 Å². The number of carbonyl (C=O) groups excluding carboxylic acids is 1. The van der Waals surface area contributed by atoms with Gasteiger partial charge in [-0.2, -0.15) is 0 Å². The average Bonchev–Trinajstić information content (AvgIpc) is 2.69. The number of hydrogen-bond acceptors (Lipinski definition) is 6. The number of nitro benzene ring substituents is 1. The van der Waals surface area contributed by atoms with Crippen molar-refractivity contribution in [1.29, 1.82) is 0 Å². The lowest BCUT2D eigenvalue weighted by molar-refractivity contribution is -0.384. The summed E-state index contributed by atoms with van der Waals surface area (Å²) in [6.45, 7) is 1.76. The summed E-state index contributed by atoms with van der Waals surface area (Å²) in [6, 6.07) is 17.0. The van der Waals surface area contributed by atoms with E-state index in [1.54, 1.807) is 18.2 Å². The lowest BCUT2D eigenvalue weighted by Gasteiger charge is -2.14. The van der Waals surface area contributed by atoms with E-state index in [0.717, 1.165) is 15.4 Å². The Bertz CT molecular complexity index is 1070. The molecular weight excluding hydrogens is 412 g/mol. The van der Waals surface area contributed by atoms with Crippen LogP contribution in [-0.2, 0) is 6.54 Å². The maximum atomic E-state index is 11.7. The van der Waals surface area contributed by atoms with Gasteiger partial charge in [0.25, 0.3) is 5.69 Å². The lowest BCUT2D eigenvalue weighted by Crippen LogP contribution is -2.03. The number of hydrogen-bond donors (Lipinski definition) is 2. The molecule has 0 aliphatic rings. The van der Waals surface area contributed by atoms with E-state index < -0.39 is 4.92 Å². The number of carbonyl (C=O) groups is 1. The third-order valence-electron chi connectivity index (χ3n) is 4.17. The zero-order chi connectivity index (χ0) is 21.0. The highest BCUT2D eigenvalue weighted by atomic mass is 35.5. The van der Waals surface area contributed by atoms with Crippen LogP contribution in [0.25, 0.3) is 0 Å². The number of halogens is 1. The van der Waals surface area contributed by atoms with Crippen molar-refractivity contribution in [1.82, 2.24) is 0 Å². The normalized spacial score (nSPS) is 10.6. The standard InChI is InChI=1S/C21H17ClN2O4S/c1-13(25)18-10-15(22)11-19(21(18)26)23-12-14-4-2-3-5-20(14)29-17-8-6-16(7-9-17)24(27)28/h2-11,23,26H,12H2,1H3. The Hall–Kier alpha value is -3.03. The Labute approximate surface area is 176 Å². The highest BCUT2D eigenvalue weighted by Crippen LogP contribution is 2.34. The molecule has 0 fully saturated rings. The molecule has 3 rings (SSSR count). The first-order valence-electron chi connectivity index (χ1n) is 8.62. The Morgan fingerprint density at radius 3 is 2.52 bits per heavy atom. The molecule has 0 bridgehead atoms. The number of nitrogens with one attached hydrogen (secondary N) is 1. The van der Waals surface area contributed by atoms with Crippen LogP contribution >= 0.6 is 23.4 Å². The molecule has 0 amide bonds. The number of Topliss-reactive ketones (excluding diaryl/α,β-unsaturated/α-hetero) is 1. The number of phenols is 1. The van der Waals surface area contributed by atoms with E-state index in [4.69, 9.17) is 11.6 Å². The molecule has 2 N–H and O–H groups in total. The van der Waals surface area contributed by atoms with E-state index in [1.807, 2.05) is 24.3 Å². The van der Waals surface area contributed by atoms with Gasteiger partial charge in [0.05, 0.1) is 16.2 Å². The van der Waals surface area contributed by atoms with Crippen LogP contribution in [0.4, 0.5) is 11.4 Å². The maximum absolute atomic E-state index is 11.7. The number of aromatic hydroxyl groups is 1. The average molecular weight is 429 g/mol. The molecule has 0 heterocycles. The fourth-order valence-corrected chi connectivity index (χ4v) is 3.87. The summed E-state index contributed by atoms with van der Waals surface area (Å²) in [5.74, 6) is -0.412. The van der Waals surface area contributed by atoms with Gasteiger partial charge in [0, 0.05) is 33.5 Å². The van der Waals surface area contributed by atoms with E-state index in [1.165, 1.54) is 36.9 Å². The summed E-state index contributed by atoms with van der Waals surface area (Å²) in [7, 11) is 0. The van der Waals surface area contributed by atoms with Crippen molar-refractivity contribution in [2.45, 2.75) is 23.3 Å². The van der Waals surface area contributed by atoms with Crippen molar-refractivity contribution in [2.24, 2.45) is 0 Å². The zero-order valence-electron chi connectivity index (χ0n) is 15.4. The minimum absolute atomic E-state index is 0.0435. The molecule has 0 spiro atoms. The molecular formula is C21H17ClN2O4S. The van der Waals surface area contributed by atoms with Gasteiger partial charge in [0.15, 0.2) is 5.78 Å². The minimum atomic E-state index is -0.431. The van der Waals surface area contributed by atoms with Crippen LogP contribution in [0.3, 0.4) is 0 Å². The number of nitro groups is 1. The SMILES string of the molecule is CC(=O)c1cc(Cl)cc(NCc2ccccc2Sc2ccc([N+](=O)[O-])cc2)c1O. The Morgan fingerprint density at radius 2 is 1.86 bits per heavy atom. The summed E-state index contributed by atoms with van der Waals surface area (Å²) >= 11 is 7.55. The molecule has 3 aromatic carbocycles. The van der Waals surface area contributed by atoms with Crippen LogP contribution in [0.1, 0.15) is 22.8 Å². The number of non-ortho nitro benzene ring substituents is 1. The predicted octanol–water partition coefficient (Wildman–Crippen LogP) is 5.92. The van der Waals surface area contributed by atoms with Gasteiger partial charge in [-0.05, 0) is 42.8 Å². The fraction of sp³-hybridized carbons (Fsp3) is 0.0952. The van der Waals surface area contributed by atoms with Crippen molar-refractivity contribution in [3.8, 4) is 5.75 Å². The Balaban J connectivity index is 1.80. The van der Waals surface area contributed by atoms with Crippen molar-refractivity contribution >= 4 is 40.5 Å². The molecule has 0 saturated carbocycles. The molecule has 148 valence electrons. The minimum Gasteiger partial charge on any atom is -0.505 e. The number of ketones is 1. The van der Waals surface area contributed by atoms with E-state index >= 15 is 0 Å². The lowest BCUT2D eigenvalue weighted by atomic mass is 10.1. The van der Waals surface area contributed by atoms with Crippen molar-refractivity contribution in [3.63, 3.8) is 0 Å². The quantitative estimate of drug-likeness (QED) is 0.210. The second kappa shape index (κ2) is 8.98. The van der Waals surface area contributed by atoms with Gasteiger partial charge in [-0.1, -0.05) is 41.6 Å². The highest BCUT2D eigenvalue weighted by molar-refractivity contribution is 7.99. The van der Waals surface area contributed by atoms with E-state index in [0.29, 0.717) is 17.3 Å². The third kappa shape index (κ3) is 5.07. The third-order valence-corrected chi connectivity index (χ3v) is 5.52. The summed E-state index contributed by atoms with van der Waals surface area (Å²) in [5, 5.41) is 24.6. The molecule has 3 aromatic rings. The summed E-state index contributed by atoms with van der Waals surface area (Å²) in [4.78, 5) is 23.9.